The summed E-state index contributed by atoms with van der Waals surface area (Å²) < 4.78 is 7.14. The first kappa shape index (κ1) is 21.3. The highest BCUT2D eigenvalue weighted by atomic mass is 32.2. The van der Waals surface area contributed by atoms with Crippen molar-refractivity contribution in [2.45, 2.75) is 17.3 Å². The molecule has 32 heavy (non-hydrogen) atoms. The summed E-state index contributed by atoms with van der Waals surface area (Å²) in [5, 5.41) is 22.3. The predicted molar refractivity (Wildman–Crippen MR) is 120 cm³/mol. The third-order valence-electron chi connectivity index (χ3n) is 4.75. The zero-order valence-corrected chi connectivity index (χ0v) is 18.1. The molecule has 1 amide bonds. The van der Waals surface area contributed by atoms with Crippen LogP contribution >= 0.6 is 11.8 Å². The molecule has 0 fully saturated rings. The molecule has 2 aromatic heterocycles. The Morgan fingerprint density at radius 1 is 1.16 bits per heavy atom. The van der Waals surface area contributed by atoms with E-state index in [1.165, 1.54) is 23.9 Å². The minimum Gasteiger partial charge on any atom is -0.461 e. The van der Waals surface area contributed by atoms with Gasteiger partial charge in [-0.2, -0.15) is 0 Å². The fourth-order valence-electron chi connectivity index (χ4n) is 3.14. The van der Waals surface area contributed by atoms with E-state index in [4.69, 9.17) is 4.42 Å². The van der Waals surface area contributed by atoms with Crippen molar-refractivity contribution in [3.05, 3.63) is 88.2 Å². The highest BCUT2D eigenvalue weighted by Gasteiger charge is 2.27. The monoisotopic (exact) mass is 449 g/mol. The second kappa shape index (κ2) is 9.06. The maximum atomic E-state index is 13.3. The van der Waals surface area contributed by atoms with E-state index in [9.17, 15) is 14.9 Å². The van der Waals surface area contributed by atoms with Crippen molar-refractivity contribution >= 4 is 29.0 Å². The van der Waals surface area contributed by atoms with Crippen LogP contribution in [0, 0.1) is 17.0 Å². The number of rotatable bonds is 7. The van der Waals surface area contributed by atoms with Gasteiger partial charge in [0.15, 0.2) is 16.7 Å². The van der Waals surface area contributed by atoms with Crippen molar-refractivity contribution in [1.29, 1.82) is 0 Å². The highest BCUT2D eigenvalue weighted by Crippen LogP contribution is 2.37. The van der Waals surface area contributed by atoms with Gasteiger partial charge in [0.25, 0.3) is 5.69 Å². The molecule has 0 saturated heterocycles. The summed E-state index contributed by atoms with van der Waals surface area (Å²) in [4.78, 5) is 24.2. The lowest BCUT2D eigenvalue weighted by molar-refractivity contribution is -0.384. The summed E-state index contributed by atoms with van der Waals surface area (Å²) in [6.45, 7) is 1.76. The van der Waals surface area contributed by atoms with Gasteiger partial charge in [-0.1, -0.05) is 48.2 Å². The molecule has 0 aliphatic carbocycles. The number of furan rings is 1. The number of nitro benzene ring substituents is 1. The number of carbonyl (C=O) groups excluding carboxylic acids is 1. The largest absolute Gasteiger partial charge is 0.461 e. The van der Waals surface area contributed by atoms with Crippen molar-refractivity contribution in [3.63, 3.8) is 0 Å². The number of aryl methyl sites for hydroxylation is 1. The van der Waals surface area contributed by atoms with E-state index in [1.54, 1.807) is 43.0 Å². The zero-order chi connectivity index (χ0) is 22.7. The Bertz CT molecular complexity index is 1250. The van der Waals surface area contributed by atoms with Crippen molar-refractivity contribution in [2.75, 3.05) is 5.32 Å². The van der Waals surface area contributed by atoms with Gasteiger partial charge in [0.2, 0.25) is 5.91 Å². The molecule has 0 aliphatic rings. The van der Waals surface area contributed by atoms with Gasteiger partial charge < -0.3 is 14.3 Å². The fourth-order valence-corrected chi connectivity index (χ4v) is 4.14. The van der Waals surface area contributed by atoms with Gasteiger partial charge in [0.05, 0.1) is 11.2 Å². The van der Waals surface area contributed by atoms with E-state index in [0.29, 0.717) is 16.7 Å². The SMILES string of the molecule is Cc1ccc(NC(=O)[C@@H](Sc2nnc(-c3ccco3)n2C)c2ccccc2)c([N+](=O)[O-])c1. The number of nitro groups is 1. The standard InChI is InChI=1S/C22H19N5O4S/c1-14-10-11-16(17(13-14)27(29)30)23-21(28)19(15-7-4-3-5-8-15)32-22-25-24-20(26(22)2)18-9-6-12-31-18/h3-13,19H,1-2H3,(H,23,28)/t19-/m0/s1. The van der Waals surface area contributed by atoms with Crippen molar-refractivity contribution < 1.29 is 14.1 Å². The summed E-state index contributed by atoms with van der Waals surface area (Å²) in [5.74, 6) is 0.678. The quantitative estimate of drug-likeness (QED) is 0.245. The summed E-state index contributed by atoms with van der Waals surface area (Å²) in [7, 11) is 1.78. The first-order valence-electron chi connectivity index (χ1n) is 9.65. The number of thioether (sulfide) groups is 1. The summed E-state index contributed by atoms with van der Waals surface area (Å²) >= 11 is 1.20. The van der Waals surface area contributed by atoms with E-state index in [-0.39, 0.29) is 11.4 Å². The Morgan fingerprint density at radius 3 is 2.62 bits per heavy atom. The van der Waals surface area contributed by atoms with Gasteiger partial charge in [0.1, 0.15) is 10.9 Å². The summed E-state index contributed by atoms with van der Waals surface area (Å²) in [6, 6.07) is 17.4. The van der Waals surface area contributed by atoms with E-state index < -0.39 is 16.1 Å². The molecule has 0 radical (unpaired) electrons. The van der Waals surface area contributed by atoms with Crippen molar-refractivity contribution in [3.8, 4) is 11.6 Å². The Labute approximate surface area is 187 Å². The number of nitrogens with one attached hydrogen (secondary N) is 1. The topological polar surface area (TPSA) is 116 Å². The van der Waals surface area contributed by atoms with Crippen LogP contribution < -0.4 is 5.32 Å². The van der Waals surface area contributed by atoms with Crippen molar-refractivity contribution in [1.82, 2.24) is 14.8 Å². The molecule has 162 valence electrons. The van der Waals surface area contributed by atoms with E-state index >= 15 is 0 Å². The number of benzene rings is 2. The minimum absolute atomic E-state index is 0.140. The fraction of sp³-hybridized carbons (Fsp3) is 0.136. The molecule has 0 unspecified atom stereocenters. The lowest BCUT2D eigenvalue weighted by atomic mass is 10.1. The van der Waals surface area contributed by atoms with Crippen LogP contribution in [0.2, 0.25) is 0 Å². The van der Waals surface area contributed by atoms with Crippen LogP contribution in [0.25, 0.3) is 11.6 Å². The van der Waals surface area contributed by atoms with Crippen LogP contribution in [-0.2, 0) is 11.8 Å². The van der Waals surface area contributed by atoms with Gasteiger partial charge in [-0.05, 0) is 36.2 Å². The molecule has 0 saturated carbocycles. The maximum Gasteiger partial charge on any atom is 0.293 e. The van der Waals surface area contributed by atoms with Gasteiger partial charge in [0, 0.05) is 13.1 Å². The van der Waals surface area contributed by atoms with Crippen LogP contribution in [0.4, 0.5) is 11.4 Å². The van der Waals surface area contributed by atoms with Crippen LogP contribution in [0.15, 0.2) is 76.5 Å². The number of hydrogen-bond acceptors (Lipinski definition) is 7. The van der Waals surface area contributed by atoms with Crippen LogP contribution in [-0.4, -0.2) is 25.6 Å². The molecular formula is C22H19N5O4S. The van der Waals surface area contributed by atoms with Gasteiger partial charge in [-0.3, -0.25) is 14.9 Å². The molecule has 2 heterocycles. The maximum absolute atomic E-state index is 13.3. The summed E-state index contributed by atoms with van der Waals surface area (Å²) in [6.07, 6.45) is 1.55. The average molecular weight is 449 g/mol. The summed E-state index contributed by atoms with van der Waals surface area (Å²) in [5.41, 5.74) is 1.44. The Morgan fingerprint density at radius 2 is 1.94 bits per heavy atom. The molecule has 0 aliphatic heterocycles. The second-order valence-electron chi connectivity index (χ2n) is 7.02. The number of anilines is 1. The van der Waals surface area contributed by atoms with E-state index in [2.05, 4.69) is 15.5 Å². The first-order valence-corrected chi connectivity index (χ1v) is 10.5. The zero-order valence-electron chi connectivity index (χ0n) is 17.3. The molecule has 4 aromatic rings. The second-order valence-corrected chi connectivity index (χ2v) is 8.09. The lowest BCUT2D eigenvalue weighted by Crippen LogP contribution is -2.20. The molecule has 1 N–H and O–H groups in total. The number of nitrogens with zero attached hydrogens (tertiary/aromatic N) is 4. The number of hydrogen-bond donors (Lipinski definition) is 1. The molecular weight excluding hydrogens is 430 g/mol. The molecule has 1 atom stereocenters. The van der Waals surface area contributed by atoms with E-state index in [1.807, 2.05) is 30.3 Å². The smallest absolute Gasteiger partial charge is 0.293 e. The van der Waals surface area contributed by atoms with Crippen molar-refractivity contribution in [2.24, 2.45) is 7.05 Å². The molecule has 0 spiro atoms. The lowest BCUT2D eigenvalue weighted by Gasteiger charge is -2.16. The third-order valence-corrected chi connectivity index (χ3v) is 6.04. The molecule has 0 bridgehead atoms. The van der Waals surface area contributed by atoms with Crippen LogP contribution in [0.3, 0.4) is 0 Å². The Kier molecular flexibility index (Phi) is 6.04. The van der Waals surface area contributed by atoms with Crippen LogP contribution in [0.5, 0.6) is 0 Å². The number of amides is 1. The van der Waals surface area contributed by atoms with Gasteiger partial charge >= 0.3 is 0 Å². The molecule has 2 aromatic carbocycles. The minimum atomic E-state index is -0.718. The predicted octanol–water partition coefficient (Wildman–Crippen LogP) is 4.76. The molecule has 10 heteroatoms. The van der Waals surface area contributed by atoms with Gasteiger partial charge in [-0.25, -0.2) is 0 Å². The molecule has 9 nitrogen and oxygen atoms in total. The van der Waals surface area contributed by atoms with Gasteiger partial charge in [-0.15, -0.1) is 10.2 Å². The third kappa shape index (κ3) is 4.40. The Hall–Kier alpha value is -3.92. The van der Waals surface area contributed by atoms with E-state index in [0.717, 1.165) is 11.1 Å². The highest BCUT2D eigenvalue weighted by molar-refractivity contribution is 8.00. The number of carbonyl (C=O) groups is 1. The van der Waals surface area contributed by atoms with Crippen LogP contribution in [0.1, 0.15) is 16.4 Å². The Balaban J connectivity index is 1.66. The average Bonchev–Trinajstić information content (AvgIpc) is 3.43. The first-order chi connectivity index (χ1) is 15.4. The number of aromatic nitrogens is 3. The normalized spacial score (nSPS) is 11.8. The molecule has 4 rings (SSSR count).